The molecule has 0 aromatic carbocycles. The van der Waals surface area contributed by atoms with Crippen molar-refractivity contribution in [3.05, 3.63) is 29.6 Å². The highest BCUT2D eigenvalue weighted by molar-refractivity contribution is 5.79. The lowest BCUT2D eigenvalue weighted by molar-refractivity contribution is -0.139. The van der Waals surface area contributed by atoms with Crippen molar-refractivity contribution in [2.75, 3.05) is 13.1 Å². The third-order valence-corrected chi connectivity index (χ3v) is 4.58. The molecule has 0 radical (unpaired) electrons. The first-order valence-electron chi connectivity index (χ1n) is 7.45. The van der Waals surface area contributed by atoms with Crippen LogP contribution in [-0.2, 0) is 4.79 Å². The maximum atomic E-state index is 12.3. The summed E-state index contributed by atoms with van der Waals surface area (Å²) in [7, 11) is 0. The average molecular weight is 258 g/mol. The standard InChI is InChI=1S/C16H22N2O/c1-12-10-14(7-8-17-12)15-6-3-9-18(11-15)16(19)13-4-2-5-13/h7-8,10,13,15H,2-6,9,11H2,1H3. The molecule has 1 atom stereocenters. The maximum absolute atomic E-state index is 12.3. The molecule has 3 nitrogen and oxygen atoms in total. The van der Waals surface area contributed by atoms with Gasteiger partial charge in [-0.3, -0.25) is 9.78 Å². The molecule has 1 aromatic heterocycles. The van der Waals surface area contributed by atoms with Gasteiger partial charge in [-0.05, 0) is 50.3 Å². The third kappa shape index (κ3) is 2.65. The van der Waals surface area contributed by atoms with Gasteiger partial charge in [0.15, 0.2) is 0 Å². The fourth-order valence-corrected chi connectivity index (χ4v) is 3.18. The number of pyridine rings is 1. The van der Waals surface area contributed by atoms with Crippen LogP contribution in [0.2, 0.25) is 0 Å². The van der Waals surface area contributed by atoms with E-state index in [1.54, 1.807) is 0 Å². The number of likely N-dealkylation sites (tertiary alicyclic amines) is 1. The number of nitrogens with zero attached hydrogens (tertiary/aromatic N) is 2. The van der Waals surface area contributed by atoms with Gasteiger partial charge in [0, 0.05) is 36.8 Å². The van der Waals surface area contributed by atoms with E-state index in [-0.39, 0.29) is 0 Å². The molecule has 19 heavy (non-hydrogen) atoms. The predicted molar refractivity (Wildman–Crippen MR) is 74.9 cm³/mol. The molecule has 3 heteroatoms. The number of rotatable bonds is 2. The largest absolute Gasteiger partial charge is 0.342 e. The molecule has 1 aromatic rings. The Morgan fingerprint density at radius 2 is 2.16 bits per heavy atom. The molecule has 2 heterocycles. The van der Waals surface area contributed by atoms with E-state index in [4.69, 9.17) is 0 Å². The van der Waals surface area contributed by atoms with E-state index < -0.39 is 0 Å². The van der Waals surface area contributed by atoms with Gasteiger partial charge in [-0.2, -0.15) is 0 Å². The Labute approximate surface area is 115 Å². The molecule has 3 rings (SSSR count). The SMILES string of the molecule is Cc1cc(C2CCCN(C(=O)C3CCC3)C2)ccn1. The van der Waals surface area contributed by atoms with E-state index in [9.17, 15) is 4.79 Å². The summed E-state index contributed by atoms with van der Waals surface area (Å²) in [6, 6.07) is 4.27. The first-order valence-corrected chi connectivity index (χ1v) is 7.45. The molecule has 1 saturated carbocycles. The highest BCUT2D eigenvalue weighted by Gasteiger charge is 2.32. The van der Waals surface area contributed by atoms with Crippen molar-refractivity contribution in [3.63, 3.8) is 0 Å². The van der Waals surface area contributed by atoms with Crippen LogP contribution < -0.4 is 0 Å². The second kappa shape index (κ2) is 5.32. The Bertz CT molecular complexity index is 468. The van der Waals surface area contributed by atoms with Gasteiger partial charge in [0.1, 0.15) is 0 Å². The monoisotopic (exact) mass is 258 g/mol. The van der Waals surface area contributed by atoms with E-state index >= 15 is 0 Å². The van der Waals surface area contributed by atoms with Gasteiger partial charge in [-0.1, -0.05) is 6.42 Å². The number of aryl methyl sites for hydroxylation is 1. The summed E-state index contributed by atoms with van der Waals surface area (Å²) in [6.45, 7) is 3.89. The summed E-state index contributed by atoms with van der Waals surface area (Å²) >= 11 is 0. The molecule has 1 amide bonds. The summed E-state index contributed by atoms with van der Waals surface area (Å²) in [5, 5.41) is 0. The molecular formula is C16H22N2O. The molecule has 1 unspecified atom stereocenters. The number of hydrogen-bond acceptors (Lipinski definition) is 2. The lowest BCUT2D eigenvalue weighted by atomic mass is 9.83. The number of amides is 1. The van der Waals surface area contributed by atoms with E-state index in [1.807, 2.05) is 13.1 Å². The molecule has 0 spiro atoms. The summed E-state index contributed by atoms with van der Waals surface area (Å²) in [4.78, 5) is 18.7. The van der Waals surface area contributed by atoms with E-state index in [0.717, 1.165) is 38.0 Å². The zero-order chi connectivity index (χ0) is 13.2. The third-order valence-electron chi connectivity index (χ3n) is 4.58. The minimum absolute atomic E-state index is 0.331. The van der Waals surface area contributed by atoms with Gasteiger partial charge in [0.05, 0.1) is 0 Å². The van der Waals surface area contributed by atoms with Crippen LogP contribution in [0.4, 0.5) is 0 Å². The minimum Gasteiger partial charge on any atom is -0.342 e. The second-order valence-corrected chi connectivity index (χ2v) is 5.98. The molecule has 102 valence electrons. The number of carbonyl (C=O) groups is 1. The number of piperidine rings is 1. The minimum atomic E-state index is 0.331. The lowest BCUT2D eigenvalue weighted by Gasteiger charge is -2.37. The van der Waals surface area contributed by atoms with Crippen molar-refractivity contribution < 1.29 is 4.79 Å². The molecule has 0 bridgehead atoms. The summed E-state index contributed by atoms with van der Waals surface area (Å²) < 4.78 is 0. The van der Waals surface area contributed by atoms with Crippen LogP contribution in [-0.4, -0.2) is 28.9 Å². The summed E-state index contributed by atoms with van der Waals surface area (Å²) in [6.07, 6.45) is 7.65. The number of aromatic nitrogens is 1. The molecule has 2 aliphatic rings. The van der Waals surface area contributed by atoms with Crippen molar-refractivity contribution in [2.45, 2.75) is 44.9 Å². The summed E-state index contributed by atoms with van der Waals surface area (Å²) in [5.41, 5.74) is 2.42. The van der Waals surface area contributed by atoms with Gasteiger partial charge in [-0.25, -0.2) is 0 Å². The van der Waals surface area contributed by atoms with Gasteiger partial charge >= 0.3 is 0 Å². The van der Waals surface area contributed by atoms with Crippen molar-refractivity contribution in [1.82, 2.24) is 9.88 Å². The second-order valence-electron chi connectivity index (χ2n) is 5.98. The predicted octanol–water partition coefficient (Wildman–Crippen LogP) is 2.90. The van der Waals surface area contributed by atoms with Crippen molar-refractivity contribution in [2.24, 2.45) is 5.92 Å². The number of carbonyl (C=O) groups excluding carboxylic acids is 1. The van der Waals surface area contributed by atoms with Gasteiger partial charge in [0.2, 0.25) is 5.91 Å². The Morgan fingerprint density at radius 3 is 2.84 bits per heavy atom. The summed E-state index contributed by atoms with van der Waals surface area (Å²) in [5.74, 6) is 1.24. The Balaban J connectivity index is 1.69. The molecular weight excluding hydrogens is 236 g/mol. The molecule has 0 N–H and O–H groups in total. The van der Waals surface area contributed by atoms with Crippen LogP contribution >= 0.6 is 0 Å². The topological polar surface area (TPSA) is 33.2 Å². The van der Waals surface area contributed by atoms with Crippen LogP contribution in [0.25, 0.3) is 0 Å². The van der Waals surface area contributed by atoms with Gasteiger partial charge in [0.25, 0.3) is 0 Å². The zero-order valence-corrected chi connectivity index (χ0v) is 11.6. The zero-order valence-electron chi connectivity index (χ0n) is 11.6. The van der Waals surface area contributed by atoms with Crippen LogP contribution in [0, 0.1) is 12.8 Å². The average Bonchev–Trinajstić information content (AvgIpc) is 2.37. The Kier molecular flexibility index (Phi) is 3.54. The quantitative estimate of drug-likeness (QED) is 0.817. The van der Waals surface area contributed by atoms with Gasteiger partial charge < -0.3 is 4.90 Å². The van der Waals surface area contributed by atoms with E-state index in [2.05, 4.69) is 22.0 Å². The first-order chi connectivity index (χ1) is 9.24. The first kappa shape index (κ1) is 12.6. The fourth-order valence-electron chi connectivity index (χ4n) is 3.18. The van der Waals surface area contributed by atoms with E-state index in [1.165, 1.54) is 18.4 Å². The van der Waals surface area contributed by atoms with Gasteiger partial charge in [-0.15, -0.1) is 0 Å². The smallest absolute Gasteiger partial charge is 0.225 e. The highest BCUT2D eigenvalue weighted by atomic mass is 16.2. The maximum Gasteiger partial charge on any atom is 0.225 e. The van der Waals surface area contributed by atoms with Crippen molar-refractivity contribution in [1.29, 1.82) is 0 Å². The van der Waals surface area contributed by atoms with Crippen LogP contribution in [0.3, 0.4) is 0 Å². The Morgan fingerprint density at radius 1 is 1.32 bits per heavy atom. The number of hydrogen-bond donors (Lipinski definition) is 0. The van der Waals surface area contributed by atoms with E-state index in [0.29, 0.717) is 17.7 Å². The molecule has 1 saturated heterocycles. The molecule has 1 aliphatic carbocycles. The lowest BCUT2D eigenvalue weighted by Crippen LogP contribution is -2.44. The molecule has 2 fully saturated rings. The van der Waals surface area contributed by atoms with Crippen LogP contribution in [0.15, 0.2) is 18.3 Å². The van der Waals surface area contributed by atoms with Crippen molar-refractivity contribution >= 4 is 5.91 Å². The highest BCUT2D eigenvalue weighted by Crippen LogP contribution is 2.32. The normalized spacial score (nSPS) is 24.1. The Hall–Kier alpha value is -1.38. The fraction of sp³-hybridized carbons (Fsp3) is 0.625. The van der Waals surface area contributed by atoms with Crippen molar-refractivity contribution in [3.8, 4) is 0 Å². The molecule has 1 aliphatic heterocycles. The van der Waals surface area contributed by atoms with Crippen LogP contribution in [0.5, 0.6) is 0 Å². The van der Waals surface area contributed by atoms with Crippen LogP contribution in [0.1, 0.15) is 49.3 Å².